The van der Waals surface area contributed by atoms with E-state index in [1.165, 1.54) is 0 Å². The first kappa shape index (κ1) is 21.8. The number of carbonyl (C=O) groups excluding carboxylic acids is 1. The Labute approximate surface area is 185 Å². The van der Waals surface area contributed by atoms with Crippen molar-refractivity contribution in [2.24, 2.45) is 5.92 Å². The molecule has 2 aliphatic rings. The number of rotatable bonds is 5. The smallest absolute Gasteiger partial charge is 0.253 e. The predicted molar refractivity (Wildman–Crippen MR) is 124 cm³/mol. The van der Waals surface area contributed by atoms with Crippen LogP contribution in [-0.2, 0) is 0 Å². The van der Waals surface area contributed by atoms with E-state index in [0.29, 0.717) is 12.0 Å². The molecule has 1 aromatic heterocycles. The van der Waals surface area contributed by atoms with Gasteiger partial charge < -0.3 is 14.9 Å². The second-order valence-corrected chi connectivity index (χ2v) is 9.02. The van der Waals surface area contributed by atoms with Gasteiger partial charge in [0.25, 0.3) is 5.91 Å². The van der Waals surface area contributed by atoms with Crippen LogP contribution in [0.1, 0.15) is 37.0 Å². The summed E-state index contributed by atoms with van der Waals surface area (Å²) in [6.45, 7) is 10.3. The molecule has 1 N–H and O–H groups in total. The number of aliphatic hydroxyl groups excluding tert-OH is 1. The Hall–Kier alpha value is -2.44. The fourth-order valence-electron chi connectivity index (χ4n) is 4.52. The summed E-state index contributed by atoms with van der Waals surface area (Å²) in [7, 11) is 0. The Morgan fingerprint density at radius 1 is 0.968 bits per heavy atom. The number of aromatic nitrogens is 1. The maximum Gasteiger partial charge on any atom is 0.253 e. The third-order valence-corrected chi connectivity index (χ3v) is 6.74. The van der Waals surface area contributed by atoms with Crippen molar-refractivity contribution >= 4 is 11.7 Å². The second-order valence-electron chi connectivity index (χ2n) is 9.02. The van der Waals surface area contributed by atoms with Crippen LogP contribution in [0.3, 0.4) is 0 Å². The number of hydrogen-bond donors (Lipinski definition) is 1. The van der Waals surface area contributed by atoms with Crippen LogP contribution in [-0.4, -0.2) is 77.7 Å². The molecule has 0 bridgehead atoms. The molecule has 31 heavy (non-hydrogen) atoms. The van der Waals surface area contributed by atoms with Gasteiger partial charge in [-0.15, -0.1) is 0 Å². The molecule has 2 aromatic rings. The zero-order valence-electron chi connectivity index (χ0n) is 18.7. The summed E-state index contributed by atoms with van der Waals surface area (Å²) < 4.78 is 0. The van der Waals surface area contributed by atoms with Crippen molar-refractivity contribution < 1.29 is 9.90 Å². The largest absolute Gasteiger partial charge is 0.396 e. The van der Waals surface area contributed by atoms with E-state index in [1.807, 2.05) is 35.4 Å². The molecule has 1 aromatic carbocycles. The summed E-state index contributed by atoms with van der Waals surface area (Å²) in [4.78, 5) is 24.2. The van der Waals surface area contributed by atoms with Gasteiger partial charge in [-0.3, -0.25) is 9.69 Å². The summed E-state index contributed by atoms with van der Waals surface area (Å²) in [5.41, 5.74) is 2.85. The fraction of sp³-hybridized carbons (Fsp3) is 0.520. The lowest BCUT2D eigenvalue weighted by atomic mass is 9.97. The second kappa shape index (κ2) is 9.79. The van der Waals surface area contributed by atoms with Crippen LogP contribution in [0.25, 0.3) is 11.1 Å². The molecule has 3 heterocycles. The molecule has 0 unspecified atom stereocenters. The lowest BCUT2D eigenvalue weighted by molar-refractivity contribution is 0.0651. The number of amides is 1. The molecule has 2 aliphatic heterocycles. The zero-order chi connectivity index (χ0) is 21.8. The van der Waals surface area contributed by atoms with E-state index < -0.39 is 0 Å². The first-order valence-electron chi connectivity index (χ1n) is 11.5. The highest BCUT2D eigenvalue weighted by atomic mass is 16.3. The number of pyridine rings is 1. The normalized spacial score (nSPS) is 18.6. The molecule has 2 saturated heterocycles. The number of nitrogens with zero attached hydrogens (tertiary/aromatic N) is 4. The molecular weight excluding hydrogens is 388 g/mol. The average molecular weight is 423 g/mol. The number of aliphatic hydroxyl groups is 1. The quantitative estimate of drug-likeness (QED) is 0.802. The molecule has 4 rings (SSSR count). The van der Waals surface area contributed by atoms with Gasteiger partial charge in [-0.25, -0.2) is 4.98 Å². The molecule has 6 heteroatoms. The first-order chi connectivity index (χ1) is 15.0. The SMILES string of the molecule is CC(C)N1CCN(c2ccc(-c3ccc(C(=O)N4CCC(CO)CC4)cc3)cn2)CC1. The number of likely N-dealkylation sites (tertiary alicyclic amines) is 1. The maximum absolute atomic E-state index is 12.8. The summed E-state index contributed by atoms with van der Waals surface area (Å²) in [5, 5.41) is 9.28. The zero-order valence-corrected chi connectivity index (χ0v) is 18.7. The van der Waals surface area contributed by atoms with Gasteiger partial charge in [-0.05, 0) is 62.4 Å². The van der Waals surface area contributed by atoms with Crippen molar-refractivity contribution in [3.63, 3.8) is 0 Å². The molecule has 6 nitrogen and oxygen atoms in total. The van der Waals surface area contributed by atoms with E-state index in [-0.39, 0.29) is 12.5 Å². The van der Waals surface area contributed by atoms with Crippen LogP contribution in [0.15, 0.2) is 42.6 Å². The Morgan fingerprint density at radius 2 is 1.61 bits per heavy atom. The van der Waals surface area contributed by atoms with Crippen molar-refractivity contribution in [1.82, 2.24) is 14.8 Å². The Morgan fingerprint density at radius 3 is 2.16 bits per heavy atom. The van der Waals surface area contributed by atoms with Crippen molar-refractivity contribution in [2.45, 2.75) is 32.7 Å². The van der Waals surface area contributed by atoms with Crippen molar-refractivity contribution in [1.29, 1.82) is 0 Å². The van der Waals surface area contributed by atoms with E-state index in [9.17, 15) is 9.90 Å². The van der Waals surface area contributed by atoms with E-state index in [2.05, 4.69) is 35.8 Å². The Kier molecular flexibility index (Phi) is 6.88. The van der Waals surface area contributed by atoms with Crippen LogP contribution in [0.5, 0.6) is 0 Å². The lowest BCUT2D eigenvalue weighted by Crippen LogP contribution is -2.49. The summed E-state index contributed by atoms with van der Waals surface area (Å²) >= 11 is 0. The Bertz CT molecular complexity index is 850. The fourth-order valence-corrected chi connectivity index (χ4v) is 4.52. The van der Waals surface area contributed by atoms with Crippen LogP contribution >= 0.6 is 0 Å². The Balaban J connectivity index is 1.36. The molecule has 0 saturated carbocycles. The highest BCUT2D eigenvalue weighted by molar-refractivity contribution is 5.94. The van der Waals surface area contributed by atoms with Crippen molar-refractivity contribution in [3.8, 4) is 11.1 Å². The molecule has 0 radical (unpaired) electrons. The van der Waals surface area contributed by atoms with Gasteiger partial charge in [0.2, 0.25) is 0 Å². The van der Waals surface area contributed by atoms with E-state index in [0.717, 1.165) is 74.6 Å². The molecule has 2 fully saturated rings. The minimum absolute atomic E-state index is 0.0805. The third-order valence-electron chi connectivity index (χ3n) is 6.74. The minimum Gasteiger partial charge on any atom is -0.396 e. The average Bonchev–Trinajstić information content (AvgIpc) is 2.84. The van der Waals surface area contributed by atoms with Gasteiger partial charge in [-0.2, -0.15) is 0 Å². The number of piperazine rings is 1. The molecule has 0 aliphatic carbocycles. The monoisotopic (exact) mass is 422 g/mol. The van der Waals surface area contributed by atoms with Gasteiger partial charge in [0.1, 0.15) is 5.82 Å². The van der Waals surface area contributed by atoms with Gasteiger partial charge in [0.15, 0.2) is 0 Å². The van der Waals surface area contributed by atoms with E-state index in [1.54, 1.807) is 0 Å². The van der Waals surface area contributed by atoms with Crippen LogP contribution in [0, 0.1) is 5.92 Å². The number of benzene rings is 1. The molecule has 166 valence electrons. The van der Waals surface area contributed by atoms with Gasteiger partial charge >= 0.3 is 0 Å². The van der Waals surface area contributed by atoms with Crippen molar-refractivity contribution in [2.75, 3.05) is 50.8 Å². The highest BCUT2D eigenvalue weighted by Gasteiger charge is 2.23. The number of piperidine rings is 1. The van der Waals surface area contributed by atoms with Crippen LogP contribution in [0.4, 0.5) is 5.82 Å². The van der Waals surface area contributed by atoms with Crippen molar-refractivity contribution in [3.05, 3.63) is 48.2 Å². The minimum atomic E-state index is 0.0805. The summed E-state index contributed by atoms with van der Waals surface area (Å²) in [5.74, 6) is 1.45. The third kappa shape index (κ3) is 5.08. The highest BCUT2D eigenvalue weighted by Crippen LogP contribution is 2.24. The topological polar surface area (TPSA) is 59.9 Å². The van der Waals surface area contributed by atoms with Crippen LogP contribution < -0.4 is 4.90 Å². The van der Waals surface area contributed by atoms with Gasteiger partial charge in [0.05, 0.1) is 0 Å². The van der Waals surface area contributed by atoms with Gasteiger partial charge in [-0.1, -0.05) is 12.1 Å². The summed E-state index contributed by atoms with van der Waals surface area (Å²) in [6.07, 6.45) is 3.69. The number of carbonyl (C=O) groups is 1. The molecule has 0 spiro atoms. The standard InChI is InChI=1S/C25H34N4O2/c1-19(2)27-13-15-28(16-14-27)24-8-7-23(17-26-24)21-3-5-22(6-4-21)25(31)29-11-9-20(18-30)10-12-29/h3-8,17,19-20,30H,9-16,18H2,1-2H3. The first-order valence-corrected chi connectivity index (χ1v) is 11.5. The van der Waals surface area contributed by atoms with Gasteiger partial charge in [0, 0.05) is 69.2 Å². The van der Waals surface area contributed by atoms with E-state index >= 15 is 0 Å². The number of hydrogen-bond acceptors (Lipinski definition) is 5. The molecule has 0 atom stereocenters. The van der Waals surface area contributed by atoms with E-state index in [4.69, 9.17) is 4.98 Å². The maximum atomic E-state index is 12.8. The lowest BCUT2D eigenvalue weighted by Gasteiger charge is -2.37. The summed E-state index contributed by atoms with van der Waals surface area (Å²) in [6, 6.07) is 12.7. The number of anilines is 1. The molecular formula is C25H34N4O2. The van der Waals surface area contributed by atoms with Crippen LogP contribution in [0.2, 0.25) is 0 Å². The predicted octanol–water partition coefficient (Wildman–Crippen LogP) is 3.12. The molecule has 1 amide bonds.